The number of nitrogens with one attached hydrogen (secondary N) is 2. The number of carbonyl (C=O) groups is 1. The molecule has 0 bridgehead atoms. The SMILES string of the molecule is O=C(N[C@@H]1COc2ccccc2C1)c1ccc(CSc2ncn[nH]2)cc1. The normalized spacial score (nSPS) is 15.8. The minimum absolute atomic E-state index is 0.0147. The largest absolute Gasteiger partial charge is 0.491 e. The number of hydrogen-bond donors (Lipinski definition) is 2. The van der Waals surface area contributed by atoms with Crippen molar-refractivity contribution in [3.8, 4) is 5.75 Å². The molecule has 3 aromatic rings. The van der Waals surface area contributed by atoms with Gasteiger partial charge in [-0.25, -0.2) is 4.98 Å². The summed E-state index contributed by atoms with van der Waals surface area (Å²) in [6.07, 6.45) is 2.27. The quantitative estimate of drug-likeness (QED) is 0.679. The van der Waals surface area contributed by atoms with Crippen LogP contribution in [0.25, 0.3) is 0 Å². The van der Waals surface area contributed by atoms with E-state index >= 15 is 0 Å². The average Bonchev–Trinajstić information content (AvgIpc) is 3.20. The maximum absolute atomic E-state index is 12.5. The number of nitrogens with zero attached hydrogens (tertiary/aromatic N) is 2. The Morgan fingerprint density at radius 1 is 1.23 bits per heavy atom. The molecule has 0 saturated heterocycles. The van der Waals surface area contributed by atoms with Crippen LogP contribution in [-0.4, -0.2) is 33.7 Å². The Morgan fingerprint density at radius 2 is 2.08 bits per heavy atom. The van der Waals surface area contributed by atoms with Crippen LogP contribution < -0.4 is 10.1 Å². The molecule has 132 valence electrons. The van der Waals surface area contributed by atoms with E-state index < -0.39 is 0 Å². The molecule has 1 atom stereocenters. The lowest BCUT2D eigenvalue weighted by Gasteiger charge is -2.26. The highest BCUT2D eigenvalue weighted by molar-refractivity contribution is 7.98. The summed E-state index contributed by atoms with van der Waals surface area (Å²) in [5.41, 5.74) is 2.90. The van der Waals surface area contributed by atoms with E-state index in [2.05, 4.69) is 20.5 Å². The van der Waals surface area contributed by atoms with E-state index in [1.807, 2.05) is 48.5 Å². The number of aromatic nitrogens is 3. The number of aromatic amines is 1. The van der Waals surface area contributed by atoms with E-state index in [9.17, 15) is 4.79 Å². The highest BCUT2D eigenvalue weighted by Gasteiger charge is 2.21. The molecule has 6 nitrogen and oxygen atoms in total. The van der Waals surface area contributed by atoms with Gasteiger partial charge in [-0.2, -0.15) is 5.10 Å². The van der Waals surface area contributed by atoms with Gasteiger partial charge in [-0.3, -0.25) is 9.89 Å². The Kier molecular flexibility index (Phi) is 4.88. The molecular weight excluding hydrogens is 348 g/mol. The lowest BCUT2D eigenvalue weighted by atomic mass is 10.0. The van der Waals surface area contributed by atoms with Crippen molar-refractivity contribution >= 4 is 17.7 Å². The van der Waals surface area contributed by atoms with Crippen molar-refractivity contribution in [1.29, 1.82) is 0 Å². The lowest BCUT2D eigenvalue weighted by Crippen LogP contribution is -2.42. The highest BCUT2D eigenvalue weighted by atomic mass is 32.2. The summed E-state index contributed by atoms with van der Waals surface area (Å²) < 4.78 is 5.73. The first-order chi connectivity index (χ1) is 12.8. The molecule has 0 unspecified atom stereocenters. The Labute approximate surface area is 155 Å². The number of carbonyl (C=O) groups excluding carboxylic acids is 1. The summed E-state index contributed by atoms with van der Waals surface area (Å²) in [4.78, 5) is 16.6. The molecule has 1 aromatic heterocycles. The van der Waals surface area contributed by atoms with E-state index in [4.69, 9.17) is 4.74 Å². The first-order valence-corrected chi connectivity index (χ1v) is 9.35. The predicted molar refractivity (Wildman–Crippen MR) is 99.3 cm³/mol. The molecule has 1 aliphatic heterocycles. The van der Waals surface area contributed by atoms with Crippen LogP contribution in [0.4, 0.5) is 0 Å². The maximum atomic E-state index is 12.5. The topological polar surface area (TPSA) is 79.9 Å². The van der Waals surface area contributed by atoms with Crippen molar-refractivity contribution in [2.45, 2.75) is 23.4 Å². The molecule has 1 amide bonds. The fraction of sp³-hybridized carbons (Fsp3) is 0.211. The number of hydrogen-bond acceptors (Lipinski definition) is 5. The molecule has 2 N–H and O–H groups in total. The standard InChI is InChI=1S/C19H18N4O2S/c24-18(22-16-9-15-3-1-2-4-17(15)25-10-16)14-7-5-13(6-8-14)11-26-19-20-12-21-23-19/h1-8,12,16H,9-11H2,(H,22,24)(H,20,21,23)/t16-/m0/s1. The number of fused-ring (bicyclic) bond motifs is 1. The van der Waals surface area contributed by atoms with Crippen LogP contribution in [-0.2, 0) is 12.2 Å². The van der Waals surface area contributed by atoms with E-state index in [1.165, 1.54) is 6.33 Å². The molecular formula is C19H18N4O2S. The van der Waals surface area contributed by atoms with Gasteiger partial charge >= 0.3 is 0 Å². The van der Waals surface area contributed by atoms with Gasteiger partial charge < -0.3 is 10.1 Å². The third-order valence-electron chi connectivity index (χ3n) is 4.20. The molecule has 0 radical (unpaired) electrons. The Bertz CT molecular complexity index is 881. The van der Waals surface area contributed by atoms with Crippen LogP contribution in [0.5, 0.6) is 5.75 Å². The number of thioether (sulfide) groups is 1. The van der Waals surface area contributed by atoms with Crippen molar-refractivity contribution in [3.05, 3.63) is 71.5 Å². The summed E-state index contributed by atoms with van der Waals surface area (Å²) >= 11 is 1.57. The van der Waals surface area contributed by atoms with Crippen LogP contribution in [0.3, 0.4) is 0 Å². The van der Waals surface area contributed by atoms with Crippen molar-refractivity contribution in [1.82, 2.24) is 20.5 Å². The monoisotopic (exact) mass is 366 g/mol. The van der Waals surface area contributed by atoms with Gasteiger partial charge in [0, 0.05) is 11.3 Å². The zero-order valence-electron chi connectivity index (χ0n) is 14.0. The number of benzene rings is 2. The van der Waals surface area contributed by atoms with Crippen molar-refractivity contribution in [2.75, 3.05) is 6.61 Å². The predicted octanol–water partition coefficient (Wildman–Crippen LogP) is 2.83. The summed E-state index contributed by atoms with van der Waals surface area (Å²) in [6, 6.07) is 15.6. The van der Waals surface area contributed by atoms with E-state index in [1.54, 1.807) is 11.8 Å². The Morgan fingerprint density at radius 3 is 2.88 bits per heavy atom. The van der Waals surface area contributed by atoms with Gasteiger partial charge in [0.15, 0.2) is 5.16 Å². The van der Waals surface area contributed by atoms with Crippen LogP contribution in [0.15, 0.2) is 60.0 Å². The van der Waals surface area contributed by atoms with Crippen molar-refractivity contribution in [2.24, 2.45) is 0 Å². The fourth-order valence-corrected chi connectivity index (χ4v) is 3.59. The molecule has 0 aliphatic carbocycles. The van der Waals surface area contributed by atoms with Crippen LogP contribution >= 0.6 is 11.8 Å². The molecule has 2 heterocycles. The second-order valence-electron chi connectivity index (χ2n) is 6.07. The molecule has 0 spiro atoms. The highest BCUT2D eigenvalue weighted by Crippen LogP contribution is 2.24. The molecule has 2 aromatic carbocycles. The van der Waals surface area contributed by atoms with E-state index in [0.29, 0.717) is 12.2 Å². The molecule has 7 heteroatoms. The smallest absolute Gasteiger partial charge is 0.251 e. The zero-order chi connectivity index (χ0) is 17.8. The van der Waals surface area contributed by atoms with Gasteiger partial charge in [0.05, 0.1) is 6.04 Å². The Hall–Kier alpha value is -2.80. The van der Waals surface area contributed by atoms with Crippen LogP contribution in [0.2, 0.25) is 0 Å². The number of amides is 1. The lowest BCUT2D eigenvalue weighted by molar-refractivity contribution is 0.0915. The van der Waals surface area contributed by atoms with Crippen molar-refractivity contribution in [3.63, 3.8) is 0 Å². The second kappa shape index (κ2) is 7.61. The molecule has 1 aliphatic rings. The van der Waals surface area contributed by atoms with Crippen molar-refractivity contribution < 1.29 is 9.53 Å². The number of para-hydroxylation sites is 1. The first-order valence-electron chi connectivity index (χ1n) is 8.36. The van der Waals surface area contributed by atoms with E-state index in [0.717, 1.165) is 34.2 Å². The fourth-order valence-electron chi connectivity index (χ4n) is 2.86. The summed E-state index contributed by atoms with van der Waals surface area (Å²) in [7, 11) is 0. The molecule has 0 fully saturated rings. The number of rotatable bonds is 5. The third-order valence-corrected chi connectivity index (χ3v) is 5.15. The summed E-state index contributed by atoms with van der Waals surface area (Å²) in [5.74, 6) is 1.60. The summed E-state index contributed by atoms with van der Waals surface area (Å²) in [5, 5.41) is 10.5. The van der Waals surface area contributed by atoms with Gasteiger partial charge in [-0.1, -0.05) is 42.1 Å². The number of H-pyrrole nitrogens is 1. The van der Waals surface area contributed by atoms with Gasteiger partial charge in [0.2, 0.25) is 0 Å². The molecule has 4 rings (SSSR count). The molecule has 0 saturated carbocycles. The van der Waals surface area contributed by atoms with Gasteiger partial charge in [0.1, 0.15) is 18.7 Å². The third kappa shape index (κ3) is 3.88. The van der Waals surface area contributed by atoms with Crippen LogP contribution in [0.1, 0.15) is 21.5 Å². The maximum Gasteiger partial charge on any atom is 0.251 e. The van der Waals surface area contributed by atoms with Gasteiger partial charge in [0.25, 0.3) is 5.91 Å². The second-order valence-corrected chi connectivity index (χ2v) is 7.03. The van der Waals surface area contributed by atoms with Gasteiger partial charge in [-0.15, -0.1) is 0 Å². The Balaban J connectivity index is 1.33. The minimum atomic E-state index is -0.0765. The van der Waals surface area contributed by atoms with Gasteiger partial charge in [-0.05, 0) is 35.7 Å². The zero-order valence-corrected chi connectivity index (χ0v) is 14.8. The molecule has 26 heavy (non-hydrogen) atoms. The van der Waals surface area contributed by atoms with Crippen LogP contribution in [0, 0.1) is 0 Å². The average molecular weight is 366 g/mol. The minimum Gasteiger partial charge on any atom is -0.491 e. The first kappa shape index (κ1) is 16.7. The number of ether oxygens (including phenoxy) is 1. The van der Waals surface area contributed by atoms with E-state index in [-0.39, 0.29) is 11.9 Å². The summed E-state index contributed by atoms with van der Waals surface area (Å²) in [6.45, 7) is 0.495.